The summed E-state index contributed by atoms with van der Waals surface area (Å²) in [4.78, 5) is 12.6. The molecule has 0 unspecified atom stereocenters. The second-order valence-corrected chi connectivity index (χ2v) is 11.5. The van der Waals surface area contributed by atoms with Gasteiger partial charge in [0, 0.05) is 16.8 Å². The summed E-state index contributed by atoms with van der Waals surface area (Å²) in [5.41, 5.74) is 0.627. The molecule has 0 fully saturated rings. The fraction of sp³-hybridized carbons (Fsp3) is 0.214. The van der Waals surface area contributed by atoms with Crippen LogP contribution in [-0.4, -0.2) is 21.0 Å². The molecule has 0 aliphatic heterocycles. The monoisotopic (exact) mass is 499 g/mol. The van der Waals surface area contributed by atoms with E-state index < -0.39 is 16.0 Å². The predicted molar refractivity (Wildman–Crippen MR) is 107 cm³/mol. The number of thiophene rings is 3. The first-order valence-corrected chi connectivity index (χ1v) is 12.1. The number of fused-ring (bicyclic) bond motifs is 1. The van der Waals surface area contributed by atoms with E-state index in [1.54, 1.807) is 6.92 Å². The molecule has 3 rings (SSSR count). The van der Waals surface area contributed by atoms with Crippen molar-refractivity contribution < 1.29 is 17.9 Å². The van der Waals surface area contributed by atoms with Crippen molar-refractivity contribution in [2.45, 2.75) is 18.4 Å². The van der Waals surface area contributed by atoms with Crippen molar-refractivity contribution in [2.24, 2.45) is 0 Å². The third kappa shape index (κ3) is 3.95. The summed E-state index contributed by atoms with van der Waals surface area (Å²) in [5, 5.41) is 1.90. The molecule has 1 N–H and O–H groups in total. The molecule has 0 saturated carbocycles. The smallest absolute Gasteiger partial charge is 0.348 e. The zero-order valence-electron chi connectivity index (χ0n) is 12.7. The minimum atomic E-state index is -3.80. The van der Waals surface area contributed by atoms with Gasteiger partial charge in [0.15, 0.2) is 0 Å². The van der Waals surface area contributed by atoms with Crippen molar-refractivity contribution in [3.63, 3.8) is 0 Å². The van der Waals surface area contributed by atoms with E-state index >= 15 is 0 Å². The van der Waals surface area contributed by atoms with E-state index in [-0.39, 0.29) is 22.4 Å². The Kier molecular flexibility index (Phi) is 5.88. The van der Waals surface area contributed by atoms with Crippen LogP contribution in [0.2, 0.25) is 4.34 Å². The minimum absolute atomic E-state index is 0.0131. The molecule has 0 bridgehead atoms. The highest BCUT2D eigenvalue weighted by Crippen LogP contribution is 2.37. The Morgan fingerprint density at radius 2 is 2.16 bits per heavy atom. The lowest BCUT2D eigenvalue weighted by Gasteiger charge is -2.07. The third-order valence-electron chi connectivity index (χ3n) is 3.20. The van der Waals surface area contributed by atoms with Gasteiger partial charge in [0.2, 0.25) is 10.0 Å². The van der Waals surface area contributed by atoms with Gasteiger partial charge in [0.05, 0.1) is 15.1 Å². The van der Waals surface area contributed by atoms with E-state index in [1.165, 1.54) is 28.7 Å². The first-order chi connectivity index (χ1) is 11.8. The van der Waals surface area contributed by atoms with Crippen molar-refractivity contribution >= 4 is 86.9 Å². The average molecular weight is 501 g/mol. The fourth-order valence-electron chi connectivity index (χ4n) is 2.15. The molecule has 3 aromatic rings. The van der Waals surface area contributed by atoms with Crippen LogP contribution in [0.3, 0.4) is 0 Å². The van der Waals surface area contributed by atoms with Crippen LogP contribution in [0.5, 0.6) is 0 Å². The lowest BCUT2D eigenvalue weighted by atomic mass is 10.2. The van der Waals surface area contributed by atoms with Gasteiger partial charge < -0.3 is 4.74 Å². The number of ether oxygens (including phenoxy) is 1. The first kappa shape index (κ1) is 19.3. The molecule has 3 heterocycles. The molecule has 0 aliphatic carbocycles. The van der Waals surface area contributed by atoms with Gasteiger partial charge in [-0.3, -0.25) is 0 Å². The number of rotatable bonds is 6. The summed E-state index contributed by atoms with van der Waals surface area (Å²) in [6.07, 6.45) is 0. The molecule has 0 radical (unpaired) electrons. The van der Waals surface area contributed by atoms with Crippen molar-refractivity contribution in [3.8, 4) is 0 Å². The highest BCUT2D eigenvalue weighted by atomic mass is 79.9. The second-order valence-electron chi connectivity index (χ2n) is 4.76. The molecule has 0 spiro atoms. The summed E-state index contributed by atoms with van der Waals surface area (Å²) in [6.45, 7) is 1.97. The molecule has 0 saturated heterocycles. The molecule has 0 amide bonds. The Hall–Kier alpha value is -0.490. The number of hydrogen-bond donors (Lipinski definition) is 1. The van der Waals surface area contributed by atoms with Crippen LogP contribution in [0.4, 0.5) is 0 Å². The molecule has 11 heteroatoms. The SMILES string of the molecule is CCOC(=O)c1sc2ccsc2c1CNS(=O)(=O)c1cc(Br)sc1Cl. The number of nitrogens with one attached hydrogen (secondary N) is 1. The van der Waals surface area contributed by atoms with E-state index in [0.29, 0.717) is 14.2 Å². The van der Waals surface area contributed by atoms with Gasteiger partial charge in [-0.2, -0.15) is 0 Å². The normalized spacial score (nSPS) is 12.0. The van der Waals surface area contributed by atoms with Crippen molar-refractivity contribution in [3.05, 3.63) is 36.1 Å². The Morgan fingerprint density at radius 3 is 2.80 bits per heavy atom. The molecule has 0 aliphatic rings. The first-order valence-electron chi connectivity index (χ1n) is 6.94. The van der Waals surface area contributed by atoms with Gasteiger partial charge in [-0.1, -0.05) is 11.6 Å². The second kappa shape index (κ2) is 7.63. The van der Waals surface area contributed by atoms with E-state index in [0.717, 1.165) is 20.7 Å². The predicted octanol–water partition coefficient (Wildman–Crippen LogP) is 5.10. The maximum absolute atomic E-state index is 12.5. The molecule has 0 aromatic carbocycles. The summed E-state index contributed by atoms with van der Waals surface area (Å²) in [7, 11) is -3.80. The van der Waals surface area contributed by atoms with E-state index in [9.17, 15) is 13.2 Å². The Bertz CT molecular complexity index is 1040. The van der Waals surface area contributed by atoms with Gasteiger partial charge >= 0.3 is 5.97 Å². The van der Waals surface area contributed by atoms with E-state index in [2.05, 4.69) is 20.7 Å². The number of esters is 1. The third-order valence-corrected chi connectivity index (χ3v) is 9.01. The quantitative estimate of drug-likeness (QED) is 0.478. The van der Waals surface area contributed by atoms with E-state index in [1.807, 2.05) is 11.4 Å². The van der Waals surface area contributed by atoms with Crippen LogP contribution >= 0.6 is 61.5 Å². The molecule has 3 aromatic heterocycles. The maximum Gasteiger partial charge on any atom is 0.348 e. The lowest BCUT2D eigenvalue weighted by molar-refractivity contribution is 0.0531. The minimum Gasteiger partial charge on any atom is -0.462 e. The van der Waals surface area contributed by atoms with Gasteiger partial charge in [0.25, 0.3) is 0 Å². The van der Waals surface area contributed by atoms with E-state index in [4.69, 9.17) is 16.3 Å². The maximum atomic E-state index is 12.5. The Morgan fingerprint density at radius 1 is 1.40 bits per heavy atom. The number of carbonyl (C=O) groups excluding carboxylic acids is 1. The van der Waals surface area contributed by atoms with Gasteiger partial charge in [-0.25, -0.2) is 17.9 Å². The number of sulfonamides is 1. The summed E-state index contributed by atoms with van der Waals surface area (Å²) in [5.74, 6) is -0.443. The highest BCUT2D eigenvalue weighted by Gasteiger charge is 2.24. The molecule has 5 nitrogen and oxygen atoms in total. The molecule has 134 valence electrons. The Labute approximate surface area is 169 Å². The van der Waals surface area contributed by atoms with Crippen molar-refractivity contribution in [1.82, 2.24) is 4.72 Å². The van der Waals surface area contributed by atoms with Crippen molar-refractivity contribution in [2.75, 3.05) is 6.61 Å². The zero-order valence-corrected chi connectivity index (χ0v) is 18.3. The van der Waals surface area contributed by atoms with Crippen LogP contribution in [0.1, 0.15) is 22.2 Å². The number of hydrogen-bond acceptors (Lipinski definition) is 7. The lowest BCUT2D eigenvalue weighted by Crippen LogP contribution is -2.24. The van der Waals surface area contributed by atoms with Gasteiger partial charge in [-0.15, -0.1) is 34.0 Å². The average Bonchev–Trinajstić information content (AvgIpc) is 3.20. The Balaban J connectivity index is 1.92. The summed E-state index contributed by atoms with van der Waals surface area (Å²) in [6, 6.07) is 3.36. The van der Waals surface area contributed by atoms with Crippen molar-refractivity contribution in [1.29, 1.82) is 0 Å². The zero-order chi connectivity index (χ0) is 18.2. The topological polar surface area (TPSA) is 72.5 Å². The molecular weight excluding hydrogens is 490 g/mol. The number of carbonyl (C=O) groups is 1. The molecule has 0 atom stereocenters. The highest BCUT2D eigenvalue weighted by molar-refractivity contribution is 9.11. The van der Waals surface area contributed by atoms with Crippen LogP contribution < -0.4 is 4.72 Å². The molecular formula is C14H11BrClNO4S4. The standard InChI is InChI=1S/C14H11BrClNO4S4/c1-2-21-14(18)12-7(11-8(23-12)3-4-22-11)6-17-25(19,20)9-5-10(15)24-13(9)16/h3-5,17H,2,6H2,1H3. The summed E-state index contributed by atoms with van der Waals surface area (Å²) < 4.78 is 35.3. The molecule has 25 heavy (non-hydrogen) atoms. The largest absolute Gasteiger partial charge is 0.462 e. The van der Waals surface area contributed by atoms with Crippen LogP contribution in [-0.2, 0) is 21.3 Å². The van der Waals surface area contributed by atoms with Crippen LogP contribution in [0.15, 0.2) is 26.2 Å². The van der Waals surface area contributed by atoms with Gasteiger partial charge in [0.1, 0.15) is 14.1 Å². The fourth-order valence-corrected chi connectivity index (χ4v) is 8.19. The number of halogens is 2. The van der Waals surface area contributed by atoms with Crippen LogP contribution in [0.25, 0.3) is 9.40 Å². The summed E-state index contributed by atoms with van der Waals surface area (Å²) >= 11 is 13.1. The van der Waals surface area contributed by atoms with Crippen LogP contribution in [0, 0.1) is 0 Å². The van der Waals surface area contributed by atoms with Gasteiger partial charge in [-0.05, 0) is 40.4 Å².